The molecule has 1 atom stereocenters. The summed E-state index contributed by atoms with van der Waals surface area (Å²) >= 11 is 2.23. The van der Waals surface area contributed by atoms with Crippen LogP contribution in [0, 0.1) is 24.3 Å². The zero-order valence-electron chi connectivity index (χ0n) is 12.9. The first kappa shape index (κ1) is 16.8. The summed E-state index contributed by atoms with van der Waals surface area (Å²) in [7, 11) is 0. The van der Waals surface area contributed by atoms with Crippen molar-refractivity contribution in [1.29, 1.82) is 0 Å². The molecule has 22 heavy (non-hydrogen) atoms. The summed E-state index contributed by atoms with van der Waals surface area (Å²) in [5.41, 5.74) is 4.11. The molecule has 0 bridgehead atoms. The van der Waals surface area contributed by atoms with Gasteiger partial charge < -0.3 is 9.84 Å². The van der Waals surface area contributed by atoms with Crippen LogP contribution in [0.25, 0.3) is 0 Å². The van der Waals surface area contributed by atoms with Crippen LogP contribution in [0.15, 0.2) is 36.4 Å². The highest BCUT2D eigenvalue weighted by Crippen LogP contribution is 2.25. The number of rotatable bonds is 5. The van der Waals surface area contributed by atoms with Gasteiger partial charge in [-0.2, -0.15) is 0 Å². The lowest BCUT2D eigenvalue weighted by Crippen LogP contribution is -2.29. The molecule has 0 aliphatic carbocycles. The minimum atomic E-state index is -0.947. The molecule has 1 N–H and O–H groups in total. The van der Waals surface area contributed by atoms with Crippen molar-refractivity contribution < 1.29 is 14.6 Å². The molecule has 3 nitrogen and oxygen atoms in total. The molecule has 2 aromatic carbocycles. The molecule has 0 aliphatic rings. The third-order valence-electron chi connectivity index (χ3n) is 3.64. The molecule has 0 saturated heterocycles. The first-order valence-electron chi connectivity index (χ1n) is 7.08. The van der Waals surface area contributed by atoms with Crippen LogP contribution in [0.1, 0.15) is 22.3 Å². The number of carboxylic acids is 1. The van der Waals surface area contributed by atoms with E-state index in [9.17, 15) is 9.90 Å². The van der Waals surface area contributed by atoms with Gasteiger partial charge in [-0.1, -0.05) is 18.2 Å². The van der Waals surface area contributed by atoms with Gasteiger partial charge in [-0.15, -0.1) is 0 Å². The van der Waals surface area contributed by atoms with Crippen molar-refractivity contribution >= 4 is 28.6 Å². The lowest BCUT2D eigenvalue weighted by Gasteiger charge is -2.18. The van der Waals surface area contributed by atoms with Gasteiger partial charge in [0, 0.05) is 9.99 Å². The Balaban J connectivity index is 2.22. The molecule has 4 heteroatoms. The monoisotopic (exact) mass is 410 g/mol. The van der Waals surface area contributed by atoms with Crippen molar-refractivity contribution in [1.82, 2.24) is 0 Å². The number of hydrogen-bond acceptors (Lipinski definition) is 2. The van der Waals surface area contributed by atoms with Crippen LogP contribution in [0.2, 0.25) is 0 Å². The maximum absolute atomic E-state index is 11.5. The van der Waals surface area contributed by atoms with Gasteiger partial charge in [-0.25, -0.2) is 4.79 Å². The molecule has 1 unspecified atom stereocenters. The fraction of sp³-hybridized carbons (Fsp3) is 0.278. The molecular formula is C18H19IO3. The van der Waals surface area contributed by atoms with Gasteiger partial charge in [0.1, 0.15) is 5.75 Å². The summed E-state index contributed by atoms with van der Waals surface area (Å²) in [6.07, 6.45) is -0.543. The van der Waals surface area contributed by atoms with Crippen molar-refractivity contribution in [2.75, 3.05) is 0 Å². The molecule has 0 radical (unpaired) electrons. The van der Waals surface area contributed by atoms with Gasteiger partial charge >= 0.3 is 5.97 Å². The standard InChI is InChI=1S/C18H19IO3/c1-11-8-12(2)13(3)16(9-11)22-17(18(20)21)10-14-4-6-15(19)7-5-14/h4-9,17H,10H2,1-3H3,(H,20,21). The van der Waals surface area contributed by atoms with Crippen LogP contribution in [0.5, 0.6) is 5.75 Å². The summed E-state index contributed by atoms with van der Waals surface area (Å²) in [6.45, 7) is 5.94. The Hall–Kier alpha value is -1.56. The average Bonchev–Trinajstić information content (AvgIpc) is 2.45. The molecule has 116 valence electrons. The molecule has 2 rings (SSSR count). The van der Waals surface area contributed by atoms with Crippen LogP contribution in [0.3, 0.4) is 0 Å². The Bertz CT molecular complexity index is 677. The second-order valence-corrected chi connectivity index (χ2v) is 6.73. The average molecular weight is 410 g/mol. The molecule has 0 saturated carbocycles. The second-order valence-electron chi connectivity index (χ2n) is 5.48. The Kier molecular flexibility index (Phi) is 5.45. The topological polar surface area (TPSA) is 46.5 Å². The van der Waals surface area contributed by atoms with Gasteiger partial charge in [0.15, 0.2) is 6.10 Å². The number of ether oxygens (including phenoxy) is 1. The van der Waals surface area contributed by atoms with E-state index < -0.39 is 12.1 Å². The van der Waals surface area contributed by atoms with Crippen LogP contribution >= 0.6 is 22.6 Å². The SMILES string of the molecule is Cc1cc(C)c(C)c(OC(Cc2ccc(I)cc2)C(=O)O)c1. The lowest BCUT2D eigenvalue weighted by molar-refractivity contribution is -0.145. The summed E-state index contributed by atoms with van der Waals surface area (Å²) in [5.74, 6) is -0.299. The van der Waals surface area contributed by atoms with Crippen molar-refractivity contribution in [3.05, 3.63) is 62.2 Å². The first-order valence-corrected chi connectivity index (χ1v) is 8.16. The summed E-state index contributed by atoms with van der Waals surface area (Å²) in [4.78, 5) is 11.5. The summed E-state index contributed by atoms with van der Waals surface area (Å²) in [5, 5.41) is 9.45. The van der Waals surface area contributed by atoms with E-state index in [1.165, 1.54) is 0 Å². The van der Waals surface area contributed by atoms with E-state index in [0.717, 1.165) is 25.8 Å². The van der Waals surface area contributed by atoms with Crippen molar-refractivity contribution in [2.45, 2.75) is 33.3 Å². The van der Waals surface area contributed by atoms with Gasteiger partial charge in [0.25, 0.3) is 0 Å². The van der Waals surface area contributed by atoms with Crippen LogP contribution < -0.4 is 4.74 Å². The third kappa shape index (κ3) is 4.22. The molecule has 0 aromatic heterocycles. The fourth-order valence-corrected chi connectivity index (χ4v) is 2.65. The lowest BCUT2D eigenvalue weighted by atomic mass is 10.0. The third-order valence-corrected chi connectivity index (χ3v) is 4.36. The zero-order chi connectivity index (χ0) is 16.3. The Morgan fingerprint density at radius 2 is 1.82 bits per heavy atom. The van der Waals surface area contributed by atoms with Crippen LogP contribution in [-0.2, 0) is 11.2 Å². The predicted molar refractivity (Wildman–Crippen MR) is 95.6 cm³/mol. The number of halogens is 1. The van der Waals surface area contributed by atoms with Gasteiger partial charge in [-0.05, 0) is 83.8 Å². The zero-order valence-corrected chi connectivity index (χ0v) is 15.0. The number of aliphatic carboxylic acids is 1. The Morgan fingerprint density at radius 3 is 2.41 bits per heavy atom. The number of hydrogen-bond donors (Lipinski definition) is 1. The van der Waals surface area contributed by atoms with E-state index in [4.69, 9.17) is 4.74 Å². The largest absolute Gasteiger partial charge is 0.478 e. The molecule has 0 heterocycles. The smallest absolute Gasteiger partial charge is 0.345 e. The highest BCUT2D eigenvalue weighted by molar-refractivity contribution is 14.1. The second kappa shape index (κ2) is 7.13. The Labute approximate surface area is 144 Å². The molecule has 0 fully saturated rings. The fourth-order valence-electron chi connectivity index (χ4n) is 2.29. The molecule has 2 aromatic rings. The van der Waals surface area contributed by atoms with Crippen molar-refractivity contribution in [3.63, 3.8) is 0 Å². The number of aryl methyl sites for hydroxylation is 2. The quantitative estimate of drug-likeness (QED) is 0.749. The Morgan fingerprint density at radius 1 is 1.18 bits per heavy atom. The molecule has 0 spiro atoms. The minimum Gasteiger partial charge on any atom is -0.478 e. The highest BCUT2D eigenvalue weighted by Gasteiger charge is 2.21. The maximum atomic E-state index is 11.5. The van der Waals surface area contributed by atoms with Gasteiger partial charge in [-0.3, -0.25) is 0 Å². The van der Waals surface area contributed by atoms with E-state index >= 15 is 0 Å². The minimum absolute atomic E-state index is 0.346. The normalized spacial score (nSPS) is 12.0. The summed E-state index contributed by atoms with van der Waals surface area (Å²) in [6, 6.07) is 11.8. The van der Waals surface area contributed by atoms with Gasteiger partial charge in [0.05, 0.1) is 0 Å². The molecular weight excluding hydrogens is 391 g/mol. The van der Waals surface area contributed by atoms with Crippen LogP contribution in [0.4, 0.5) is 0 Å². The predicted octanol–water partition coefficient (Wildman–Crippen LogP) is 4.29. The van der Waals surface area contributed by atoms with E-state index in [1.807, 2.05) is 51.1 Å². The van der Waals surface area contributed by atoms with Crippen LogP contribution in [-0.4, -0.2) is 17.2 Å². The maximum Gasteiger partial charge on any atom is 0.345 e. The first-order chi connectivity index (χ1) is 10.4. The molecule has 0 amide bonds. The van der Waals surface area contributed by atoms with Crippen molar-refractivity contribution in [2.24, 2.45) is 0 Å². The number of carboxylic acid groups (broad SMARTS) is 1. The van der Waals surface area contributed by atoms with E-state index in [-0.39, 0.29) is 0 Å². The summed E-state index contributed by atoms with van der Waals surface area (Å²) < 4.78 is 6.93. The number of carbonyl (C=O) groups is 1. The van der Waals surface area contributed by atoms with Gasteiger partial charge in [0.2, 0.25) is 0 Å². The van der Waals surface area contributed by atoms with Crippen molar-refractivity contribution in [3.8, 4) is 5.75 Å². The van der Waals surface area contributed by atoms with E-state index in [1.54, 1.807) is 0 Å². The number of benzene rings is 2. The molecule has 0 aliphatic heterocycles. The van der Waals surface area contributed by atoms with E-state index in [0.29, 0.717) is 12.2 Å². The highest BCUT2D eigenvalue weighted by atomic mass is 127. The van der Waals surface area contributed by atoms with E-state index in [2.05, 4.69) is 28.7 Å².